The highest BCUT2D eigenvalue weighted by Crippen LogP contribution is 2.07. The van der Waals surface area contributed by atoms with Crippen LogP contribution in [0.1, 0.15) is 17.9 Å². The molecule has 0 amide bonds. The van der Waals surface area contributed by atoms with Crippen LogP contribution >= 0.6 is 0 Å². The normalized spacial score (nSPS) is 12.6. The lowest BCUT2D eigenvalue weighted by atomic mass is 10.0. The third-order valence-electron chi connectivity index (χ3n) is 2.57. The van der Waals surface area contributed by atoms with E-state index in [4.69, 9.17) is 10.2 Å². The van der Waals surface area contributed by atoms with Crippen LogP contribution in [-0.2, 0) is 12.8 Å². The Morgan fingerprint density at radius 1 is 1.25 bits per heavy atom. The zero-order valence-corrected chi connectivity index (χ0v) is 9.17. The van der Waals surface area contributed by atoms with Crippen LogP contribution in [0, 0.1) is 0 Å². The van der Waals surface area contributed by atoms with Gasteiger partial charge in [-0.3, -0.25) is 0 Å². The van der Waals surface area contributed by atoms with Gasteiger partial charge in [-0.15, -0.1) is 0 Å². The Labute approximate surface area is 95.3 Å². The fourth-order valence-corrected chi connectivity index (χ4v) is 1.68. The van der Waals surface area contributed by atoms with Crippen molar-refractivity contribution in [2.45, 2.75) is 25.3 Å². The minimum Gasteiger partial charge on any atom is -0.449 e. The number of hydrogen-bond acceptors (Lipinski definition) is 3. The van der Waals surface area contributed by atoms with E-state index in [0.29, 0.717) is 6.42 Å². The van der Waals surface area contributed by atoms with Crippen molar-refractivity contribution in [3.63, 3.8) is 0 Å². The van der Waals surface area contributed by atoms with Gasteiger partial charge in [-0.1, -0.05) is 30.3 Å². The Balaban J connectivity index is 1.78. The van der Waals surface area contributed by atoms with Crippen LogP contribution in [0.25, 0.3) is 0 Å². The predicted octanol–water partition coefficient (Wildman–Crippen LogP) is 2.18. The van der Waals surface area contributed by atoms with Gasteiger partial charge in [0.2, 0.25) is 0 Å². The van der Waals surface area contributed by atoms with E-state index in [9.17, 15) is 0 Å². The predicted molar refractivity (Wildman–Crippen MR) is 62.9 cm³/mol. The zero-order chi connectivity index (χ0) is 11.2. The number of rotatable bonds is 5. The van der Waals surface area contributed by atoms with Gasteiger partial charge in [-0.2, -0.15) is 0 Å². The van der Waals surface area contributed by atoms with Gasteiger partial charge in [0, 0.05) is 12.5 Å². The first-order valence-electron chi connectivity index (χ1n) is 5.52. The van der Waals surface area contributed by atoms with Gasteiger partial charge in [-0.25, -0.2) is 4.98 Å². The molecule has 2 rings (SSSR count). The fourth-order valence-electron chi connectivity index (χ4n) is 1.68. The largest absolute Gasteiger partial charge is 0.449 e. The number of aryl methyl sites for hydroxylation is 1. The molecule has 0 spiro atoms. The third kappa shape index (κ3) is 3.21. The summed E-state index contributed by atoms with van der Waals surface area (Å²) in [6, 6.07) is 10.5. The second-order valence-corrected chi connectivity index (χ2v) is 3.91. The molecule has 0 aliphatic rings. The molecule has 1 heterocycles. The molecule has 0 unspecified atom stereocenters. The van der Waals surface area contributed by atoms with Crippen molar-refractivity contribution < 1.29 is 4.42 Å². The lowest BCUT2D eigenvalue weighted by Gasteiger charge is -2.08. The third-order valence-corrected chi connectivity index (χ3v) is 2.57. The smallest absolute Gasteiger partial charge is 0.195 e. The summed E-state index contributed by atoms with van der Waals surface area (Å²) in [5, 5.41) is 0. The molecular formula is C13H16N2O. The van der Waals surface area contributed by atoms with E-state index >= 15 is 0 Å². The van der Waals surface area contributed by atoms with Gasteiger partial charge < -0.3 is 10.2 Å². The first kappa shape index (κ1) is 10.9. The van der Waals surface area contributed by atoms with Crippen molar-refractivity contribution in [3.8, 4) is 0 Å². The maximum Gasteiger partial charge on any atom is 0.195 e. The van der Waals surface area contributed by atoms with E-state index < -0.39 is 0 Å². The molecule has 2 aromatic rings. The Kier molecular flexibility index (Phi) is 3.72. The molecule has 0 aliphatic heterocycles. The number of aromatic nitrogens is 1. The Morgan fingerprint density at radius 2 is 2.06 bits per heavy atom. The summed E-state index contributed by atoms with van der Waals surface area (Å²) in [6.07, 6.45) is 5.90. The quantitative estimate of drug-likeness (QED) is 0.833. The Bertz CT molecular complexity index is 397. The maximum absolute atomic E-state index is 6.01. The molecular weight excluding hydrogens is 200 g/mol. The number of nitrogens with zero attached hydrogens (tertiary/aromatic N) is 1. The van der Waals surface area contributed by atoms with Crippen molar-refractivity contribution >= 4 is 0 Å². The first-order chi connectivity index (χ1) is 7.84. The molecule has 0 saturated carbocycles. The fraction of sp³-hybridized carbons (Fsp3) is 0.308. The molecule has 16 heavy (non-hydrogen) atoms. The van der Waals surface area contributed by atoms with Crippen LogP contribution in [0.15, 0.2) is 47.2 Å². The molecule has 1 atom stereocenters. The van der Waals surface area contributed by atoms with Crippen LogP contribution in [0.2, 0.25) is 0 Å². The highest BCUT2D eigenvalue weighted by Gasteiger charge is 2.07. The molecule has 0 fully saturated rings. The van der Waals surface area contributed by atoms with E-state index in [1.54, 1.807) is 12.5 Å². The van der Waals surface area contributed by atoms with Crippen LogP contribution in [-0.4, -0.2) is 11.0 Å². The monoisotopic (exact) mass is 216 g/mol. The molecule has 3 nitrogen and oxygen atoms in total. The van der Waals surface area contributed by atoms with Crippen LogP contribution in [0.5, 0.6) is 0 Å². The lowest BCUT2D eigenvalue weighted by molar-refractivity contribution is 0.460. The summed E-state index contributed by atoms with van der Waals surface area (Å²) in [6.45, 7) is 0. The van der Waals surface area contributed by atoms with Crippen LogP contribution < -0.4 is 5.73 Å². The summed E-state index contributed by atoms with van der Waals surface area (Å²) in [5.74, 6) is 0.723. The average Bonchev–Trinajstić information content (AvgIpc) is 2.81. The van der Waals surface area contributed by atoms with Gasteiger partial charge in [0.15, 0.2) is 5.89 Å². The number of oxazole rings is 1. The summed E-state index contributed by atoms with van der Waals surface area (Å²) >= 11 is 0. The highest BCUT2D eigenvalue weighted by molar-refractivity contribution is 5.14. The van der Waals surface area contributed by atoms with E-state index in [0.717, 1.165) is 18.7 Å². The van der Waals surface area contributed by atoms with Crippen LogP contribution in [0.3, 0.4) is 0 Å². The molecule has 0 radical (unpaired) electrons. The van der Waals surface area contributed by atoms with E-state index in [1.807, 2.05) is 6.07 Å². The Hall–Kier alpha value is -1.61. The molecule has 84 valence electrons. The number of nitrogens with two attached hydrogens (primary N) is 1. The summed E-state index contributed by atoms with van der Waals surface area (Å²) in [7, 11) is 0. The topological polar surface area (TPSA) is 52.0 Å². The maximum atomic E-state index is 6.01. The highest BCUT2D eigenvalue weighted by atomic mass is 16.3. The molecule has 2 N–H and O–H groups in total. The minimum atomic E-state index is 0.110. The van der Waals surface area contributed by atoms with E-state index in [1.165, 1.54) is 5.56 Å². The SMILES string of the molecule is N[C@@H](CCc1ccccc1)Cc1ncco1. The zero-order valence-electron chi connectivity index (χ0n) is 9.17. The van der Waals surface area contributed by atoms with Crippen molar-refractivity contribution in [3.05, 3.63) is 54.2 Å². The summed E-state index contributed by atoms with van der Waals surface area (Å²) in [5.41, 5.74) is 7.34. The number of benzene rings is 1. The van der Waals surface area contributed by atoms with Crippen LogP contribution in [0.4, 0.5) is 0 Å². The molecule has 1 aromatic carbocycles. The van der Waals surface area contributed by atoms with Gasteiger partial charge >= 0.3 is 0 Å². The number of hydrogen-bond donors (Lipinski definition) is 1. The average molecular weight is 216 g/mol. The van der Waals surface area contributed by atoms with Crippen molar-refractivity contribution in [2.24, 2.45) is 5.73 Å². The van der Waals surface area contributed by atoms with Gasteiger partial charge in [-0.05, 0) is 18.4 Å². The summed E-state index contributed by atoms with van der Waals surface area (Å²) < 4.78 is 5.17. The second-order valence-electron chi connectivity index (χ2n) is 3.91. The van der Waals surface area contributed by atoms with E-state index in [-0.39, 0.29) is 6.04 Å². The molecule has 0 aliphatic carbocycles. The summed E-state index contributed by atoms with van der Waals surface area (Å²) in [4.78, 5) is 4.06. The van der Waals surface area contributed by atoms with Gasteiger partial charge in [0.1, 0.15) is 6.26 Å². The Morgan fingerprint density at radius 3 is 2.75 bits per heavy atom. The lowest BCUT2D eigenvalue weighted by Crippen LogP contribution is -2.23. The van der Waals surface area contributed by atoms with Crippen molar-refractivity contribution in [2.75, 3.05) is 0 Å². The minimum absolute atomic E-state index is 0.110. The molecule has 0 saturated heterocycles. The second kappa shape index (κ2) is 5.47. The molecule has 0 bridgehead atoms. The molecule has 3 heteroatoms. The first-order valence-corrected chi connectivity index (χ1v) is 5.52. The van der Waals surface area contributed by atoms with Gasteiger partial charge in [0.05, 0.1) is 6.20 Å². The molecule has 1 aromatic heterocycles. The van der Waals surface area contributed by atoms with E-state index in [2.05, 4.69) is 29.2 Å². The van der Waals surface area contributed by atoms with Gasteiger partial charge in [0.25, 0.3) is 0 Å². The van der Waals surface area contributed by atoms with Crippen molar-refractivity contribution in [1.82, 2.24) is 4.98 Å². The van der Waals surface area contributed by atoms with Crippen molar-refractivity contribution in [1.29, 1.82) is 0 Å². The standard InChI is InChI=1S/C13H16N2O/c14-12(10-13-15-8-9-16-13)7-6-11-4-2-1-3-5-11/h1-5,8-9,12H,6-7,10,14H2/t12-/m0/s1.